The van der Waals surface area contributed by atoms with E-state index in [0.29, 0.717) is 53.9 Å². The highest BCUT2D eigenvalue weighted by molar-refractivity contribution is 5.90. The molecule has 2 aliphatic heterocycles. The first-order chi connectivity index (χ1) is 22.2. The lowest BCUT2D eigenvalue weighted by molar-refractivity contribution is -0.116. The first-order valence-corrected chi connectivity index (χ1v) is 18.3. The number of benzene rings is 2. The third-order valence-electron chi connectivity index (χ3n) is 12.9. The van der Waals surface area contributed by atoms with Gasteiger partial charge in [-0.3, -0.25) is 9.69 Å². The van der Waals surface area contributed by atoms with E-state index in [1.165, 1.54) is 44.1 Å². The second kappa shape index (κ2) is 12.7. The molecule has 2 aromatic carbocycles. The molecule has 4 heteroatoms. The van der Waals surface area contributed by atoms with Gasteiger partial charge < -0.3 is 9.47 Å². The zero-order valence-corrected chi connectivity index (χ0v) is 28.8. The molecule has 0 radical (unpaired) electrons. The monoisotopic (exact) mass is 621 g/mol. The fraction of sp³-hybridized carbons (Fsp3) is 0.595. The summed E-state index contributed by atoms with van der Waals surface area (Å²) in [5.41, 5.74) is 4.78. The lowest BCUT2D eigenvalue weighted by Crippen LogP contribution is -2.51. The van der Waals surface area contributed by atoms with E-state index in [9.17, 15) is 4.79 Å². The molecular weight excluding hydrogens is 566 g/mol. The van der Waals surface area contributed by atoms with Crippen LogP contribution in [-0.4, -0.2) is 35.0 Å². The Balaban J connectivity index is 1.10. The molecule has 2 saturated heterocycles. The Morgan fingerprint density at radius 1 is 1.02 bits per heavy atom. The van der Waals surface area contributed by atoms with Gasteiger partial charge in [0.15, 0.2) is 5.78 Å². The summed E-state index contributed by atoms with van der Waals surface area (Å²) >= 11 is 0. The Labute approximate surface area is 277 Å². The van der Waals surface area contributed by atoms with Gasteiger partial charge in [0.25, 0.3) is 0 Å². The summed E-state index contributed by atoms with van der Waals surface area (Å²) in [6, 6.07) is 19.2. The van der Waals surface area contributed by atoms with Crippen molar-refractivity contribution in [3.8, 4) is 11.5 Å². The van der Waals surface area contributed by atoms with E-state index < -0.39 is 0 Å². The fourth-order valence-electron chi connectivity index (χ4n) is 10.6. The van der Waals surface area contributed by atoms with E-state index in [0.717, 1.165) is 37.4 Å². The van der Waals surface area contributed by atoms with Crippen molar-refractivity contribution in [2.24, 2.45) is 35.0 Å². The normalized spacial score (nSPS) is 37.8. The maximum atomic E-state index is 12.1. The number of para-hydroxylation sites is 1. The number of fused-ring (bicyclic) bond motifs is 2. The van der Waals surface area contributed by atoms with Crippen LogP contribution < -0.4 is 4.74 Å². The van der Waals surface area contributed by atoms with Gasteiger partial charge in [0.2, 0.25) is 0 Å². The van der Waals surface area contributed by atoms with Gasteiger partial charge in [-0.15, -0.1) is 0 Å². The Morgan fingerprint density at radius 3 is 2.50 bits per heavy atom. The SMILES string of the molecule is CCC[C@H]1[C@@H]2CC[C@@]3(CC(C)=C2C[C@@H]1[C@]1(C)C=CC(=O)CC1)O[C@@H]1C[C@H](C)CN(Cc2ccc(Oc4ccccc4)cc2)[C@H]1[C@H]3C. The van der Waals surface area contributed by atoms with Crippen LogP contribution in [0.1, 0.15) is 98.0 Å². The van der Waals surface area contributed by atoms with Crippen molar-refractivity contribution in [3.63, 3.8) is 0 Å². The van der Waals surface area contributed by atoms with Crippen molar-refractivity contribution in [1.82, 2.24) is 4.90 Å². The predicted molar refractivity (Wildman–Crippen MR) is 186 cm³/mol. The zero-order valence-electron chi connectivity index (χ0n) is 28.8. The molecule has 0 amide bonds. The van der Waals surface area contributed by atoms with Gasteiger partial charge in [0, 0.05) is 31.5 Å². The van der Waals surface area contributed by atoms with Crippen LogP contribution in [0.25, 0.3) is 0 Å². The molecular formula is C42H55NO3. The van der Waals surface area contributed by atoms with Gasteiger partial charge >= 0.3 is 0 Å². The molecule has 4 nitrogen and oxygen atoms in total. The van der Waals surface area contributed by atoms with E-state index in [4.69, 9.17) is 9.47 Å². The number of piperidine rings is 1. The summed E-state index contributed by atoms with van der Waals surface area (Å²) in [4.78, 5) is 14.9. The van der Waals surface area contributed by atoms with Crippen LogP contribution in [0, 0.1) is 35.0 Å². The standard InChI is InChI=1S/C42H55NO3/c1-6-10-36-35-19-22-42(25-29(3)37(35)24-38(36)41(5)20-17-32(44)18-21-41)30(4)40-39(46-42)23-28(2)26-43(40)27-31-13-15-34(16-14-31)45-33-11-8-7-9-12-33/h7-9,11-17,20,28,30,35-36,38-40H,6,10,18-19,21-27H2,1-5H3/t28-,30+,35-,36-,38-,39+,40-,41+,42-/m0/s1. The number of ketones is 1. The maximum Gasteiger partial charge on any atom is 0.155 e. The highest BCUT2D eigenvalue weighted by Gasteiger charge is 2.58. The van der Waals surface area contributed by atoms with Crippen LogP contribution in [0.4, 0.5) is 0 Å². The highest BCUT2D eigenvalue weighted by atomic mass is 16.5. The Bertz CT molecular complexity index is 1460. The summed E-state index contributed by atoms with van der Waals surface area (Å²) in [7, 11) is 0. The average Bonchev–Trinajstić information content (AvgIpc) is 3.49. The van der Waals surface area contributed by atoms with Crippen LogP contribution in [0.15, 0.2) is 77.9 Å². The lowest BCUT2D eigenvalue weighted by Gasteiger charge is -2.42. The molecule has 9 atom stereocenters. The van der Waals surface area contributed by atoms with E-state index in [2.05, 4.69) is 69.9 Å². The van der Waals surface area contributed by atoms with Gasteiger partial charge in [-0.1, -0.05) is 81.7 Å². The molecule has 2 aromatic rings. The van der Waals surface area contributed by atoms with Crippen LogP contribution in [0.5, 0.6) is 11.5 Å². The third-order valence-corrected chi connectivity index (χ3v) is 12.9. The number of ether oxygens (including phenoxy) is 2. The number of nitrogens with zero attached hydrogens (tertiary/aromatic N) is 1. The molecule has 0 bridgehead atoms. The van der Waals surface area contributed by atoms with Crippen molar-refractivity contribution < 1.29 is 14.3 Å². The average molecular weight is 622 g/mol. The first-order valence-electron chi connectivity index (χ1n) is 18.3. The van der Waals surface area contributed by atoms with Gasteiger partial charge in [0.05, 0.1) is 11.7 Å². The smallest absolute Gasteiger partial charge is 0.155 e. The van der Waals surface area contributed by atoms with Gasteiger partial charge in [-0.2, -0.15) is 0 Å². The number of hydrogen-bond donors (Lipinski definition) is 0. The molecule has 0 unspecified atom stereocenters. The van der Waals surface area contributed by atoms with Gasteiger partial charge in [-0.05, 0) is 117 Å². The molecule has 1 spiro atoms. The Hall–Kier alpha value is -2.69. The molecule has 3 aliphatic carbocycles. The van der Waals surface area contributed by atoms with Crippen LogP contribution in [-0.2, 0) is 16.1 Å². The van der Waals surface area contributed by atoms with Crippen molar-refractivity contribution in [3.05, 3.63) is 83.5 Å². The number of carbonyl (C=O) groups excluding carboxylic acids is 1. The molecule has 0 aromatic heterocycles. The molecule has 3 fully saturated rings. The van der Waals surface area contributed by atoms with Crippen LogP contribution in [0.2, 0.25) is 0 Å². The second-order valence-electron chi connectivity index (χ2n) is 16.0. The fourth-order valence-corrected chi connectivity index (χ4v) is 10.6. The van der Waals surface area contributed by atoms with Crippen LogP contribution >= 0.6 is 0 Å². The minimum atomic E-state index is -0.0697. The first kappa shape index (κ1) is 31.9. The molecule has 2 heterocycles. The lowest BCUT2D eigenvalue weighted by atomic mass is 9.64. The summed E-state index contributed by atoms with van der Waals surface area (Å²) in [5, 5.41) is 0. The van der Waals surface area contributed by atoms with Crippen molar-refractivity contribution in [2.75, 3.05) is 6.54 Å². The minimum absolute atomic E-state index is 0.0697. The van der Waals surface area contributed by atoms with Gasteiger partial charge in [-0.25, -0.2) is 0 Å². The molecule has 0 N–H and O–H groups in total. The number of carbonyl (C=O) groups is 1. The van der Waals surface area contributed by atoms with E-state index in [1.807, 2.05) is 36.4 Å². The highest BCUT2D eigenvalue weighted by Crippen LogP contribution is 2.60. The van der Waals surface area contributed by atoms with E-state index in [1.54, 1.807) is 11.1 Å². The minimum Gasteiger partial charge on any atom is -0.457 e. The summed E-state index contributed by atoms with van der Waals surface area (Å²) in [6.45, 7) is 14.3. The molecule has 246 valence electrons. The van der Waals surface area contributed by atoms with Gasteiger partial charge in [0.1, 0.15) is 11.5 Å². The van der Waals surface area contributed by atoms with E-state index in [-0.39, 0.29) is 11.0 Å². The largest absolute Gasteiger partial charge is 0.457 e. The topological polar surface area (TPSA) is 38.8 Å². The van der Waals surface area contributed by atoms with Crippen molar-refractivity contribution in [2.45, 2.75) is 117 Å². The maximum absolute atomic E-state index is 12.1. The Kier molecular flexibility index (Phi) is 8.82. The van der Waals surface area contributed by atoms with Crippen molar-refractivity contribution >= 4 is 5.78 Å². The van der Waals surface area contributed by atoms with Crippen molar-refractivity contribution in [1.29, 1.82) is 0 Å². The molecule has 5 aliphatic rings. The number of allylic oxidation sites excluding steroid dienone is 3. The number of likely N-dealkylation sites (tertiary alicyclic amines) is 1. The van der Waals surface area contributed by atoms with Crippen LogP contribution in [0.3, 0.4) is 0 Å². The predicted octanol–water partition coefficient (Wildman–Crippen LogP) is 9.94. The third kappa shape index (κ3) is 5.94. The Morgan fingerprint density at radius 2 is 1.78 bits per heavy atom. The molecule has 46 heavy (non-hydrogen) atoms. The summed E-state index contributed by atoms with van der Waals surface area (Å²) in [5.74, 6) is 5.19. The molecule has 7 rings (SSSR count). The zero-order chi connectivity index (χ0) is 32.1. The number of rotatable bonds is 7. The van der Waals surface area contributed by atoms with E-state index >= 15 is 0 Å². The quantitative estimate of drug-likeness (QED) is 0.289. The molecule has 1 saturated carbocycles. The summed E-state index contributed by atoms with van der Waals surface area (Å²) < 4.78 is 13.4. The number of hydrogen-bond acceptors (Lipinski definition) is 4. The summed E-state index contributed by atoms with van der Waals surface area (Å²) in [6.07, 6.45) is 14.6. The second-order valence-corrected chi connectivity index (χ2v) is 16.0.